The topological polar surface area (TPSA) is 65.2 Å². The van der Waals surface area contributed by atoms with Crippen molar-refractivity contribution in [3.63, 3.8) is 0 Å². The largest absolute Gasteiger partial charge is 0.573 e. The monoisotopic (exact) mass is 408 g/mol. The Morgan fingerprint density at radius 2 is 1.69 bits per heavy atom. The summed E-state index contributed by atoms with van der Waals surface area (Å²) in [6.07, 6.45) is -3.61. The van der Waals surface area contributed by atoms with E-state index in [-0.39, 0.29) is 23.2 Å². The third-order valence-corrected chi connectivity index (χ3v) is 3.91. The maximum absolute atomic E-state index is 13.3. The lowest BCUT2D eigenvalue weighted by Crippen LogP contribution is -2.18. The highest BCUT2D eigenvalue weighted by molar-refractivity contribution is 5.98. The van der Waals surface area contributed by atoms with Gasteiger partial charge in [-0.3, -0.25) is 9.78 Å². The fourth-order valence-corrected chi connectivity index (χ4v) is 2.63. The Balaban J connectivity index is 1.73. The molecule has 0 aliphatic rings. The Morgan fingerprint density at radius 1 is 1.00 bits per heavy atom. The number of nitrogens with zero attached hydrogens (tertiary/aromatic N) is 1. The first-order valence-electron chi connectivity index (χ1n) is 8.20. The lowest BCUT2D eigenvalue weighted by Gasteiger charge is -2.12. The first kappa shape index (κ1) is 20.2. The molecule has 0 fully saturated rings. The zero-order valence-electron chi connectivity index (χ0n) is 14.6. The number of rotatable bonds is 5. The summed E-state index contributed by atoms with van der Waals surface area (Å²) in [6, 6.07) is 9.31. The smallest absolute Gasteiger partial charge is 0.404 e. The number of carbonyl (C=O) groups is 1. The Hall–Kier alpha value is -3.49. The number of halogens is 5. The zero-order chi connectivity index (χ0) is 21.2. The molecule has 0 spiro atoms. The summed E-state index contributed by atoms with van der Waals surface area (Å²) < 4.78 is 67.2. The summed E-state index contributed by atoms with van der Waals surface area (Å²) in [5.41, 5.74) is 6.36. The number of benzene rings is 2. The van der Waals surface area contributed by atoms with Gasteiger partial charge in [0.25, 0.3) is 0 Å². The van der Waals surface area contributed by atoms with E-state index >= 15 is 0 Å². The van der Waals surface area contributed by atoms with Gasteiger partial charge in [-0.2, -0.15) is 0 Å². The second-order valence-electron chi connectivity index (χ2n) is 6.11. The first-order chi connectivity index (χ1) is 13.6. The third-order valence-electron chi connectivity index (χ3n) is 3.91. The quantitative estimate of drug-likeness (QED) is 0.369. The minimum atomic E-state index is -4.89. The van der Waals surface area contributed by atoms with Crippen molar-refractivity contribution >= 4 is 11.5 Å². The number of ether oxygens (including phenoxy) is 1. The SMILES string of the molecule is Nc1cc(C(=O)Cc2ccc(-c3cc(F)cc(F)c3)nc2)ccc1OC(F)(F)F. The second-order valence-corrected chi connectivity index (χ2v) is 6.11. The van der Waals surface area contributed by atoms with Gasteiger partial charge < -0.3 is 10.5 Å². The van der Waals surface area contributed by atoms with E-state index in [1.165, 1.54) is 18.3 Å². The number of hydrogen-bond acceptors (Lipinski definition) is 4. The predicted octanol–water partition coefficient (Wildman–Crippen LogP) is 4.93. The van der Waals surface area contributed by atoms with Crippen LogP contribution in [0.1, 0.15) is 15.9 Å². The number of carbonyl (C=O) groups excluding carboxylic acids is 1. The van der Waals surface area contributed by atoms with Crippen molar-refractivity contribution in [2.24, 2.45) is 0 Å². The maximum Gasteiger partial charge on any atom is 0.573 e. The van der Waals surface area contributed by atoms with Crippen molar-refractivity contribution in [3.8, 4) is 17.0 Å². The molecule has 0 aliphatic carbocycles. The molecule has 1 heterocycles. The molecule has 0 saturated heterocycles. The molecule has 0 atom stereocenters. The predicted molar refractivity (Wildman–Crippen MR) is 95.2 cm³/mol. The van der Waals surface area contributed by atoms with E-state index in [0.29, 0.717) is 11.3 Å². The number of nitrogens with two attached hydrogens (primary N) is 1. The fourth-order valence-electron chi connectivity index (χ4n) is 2.63. The van der Waals surface area contributed by atoms with Gasteiger partial charge in [-0.05, 0) is 42.0 Å². The summed E-state index contributed by atoms with van der Waals surface area (Å²) in [5.74, 6) is -2.47. The van der Waals surface area contributed by atoms with Gasteiger partial charge in [0.2, 0.25) is 0 Å². The molecule has 150 valence electrons. The molecule has 1 aromatic heterocycles. The van der Waals surface area contributed by atoms with Crippen molar-refractivity contribution in [1.29, 1.82) is 0 Å². The van der Waals surface area contributed by atoms with Crippen LogP contribution in [0.15, 0.2) is 54.7 Å². The van der Waals surface area contributed by atoms with Crippen LogP contribution in [0.4, 0.5) is 27.6 Å². The summed E-state index contributed by atoms with van der Waals surface area (Å²) >= 11 is 0. The summed E-state index contributed by atoms with van der Waals surface area (Å²) in [5, 5.41) is 0. The lowest BCUT2D eigenvalue weighted by atomic mass is 10.0. The van der Waals surface area contributed by atoms with Crippen LogP contribution in [-0.4, -0.2) is 17.1 Å². The third kappa shape index (κ3) is 5.28. The van der Waals surface area contributed by atoms with Gasteiger partial charge in [0.15, 0.2) is 11.5 Å². The van der Waals surface area contributed by atoms with E-state index in [2.05, 4.69) is 9.72 Å². The Kier molecular flexibility index (Phi) is 5.49. The van der Waals surface area contributed by atoms with Gasteiger partial charge in [-0.1, -0.05) is 6.07 Å². The van der Waals surface area contributed by atoms with E-state index in [9.17, 15) is 26.7 Å². The number of hydrogen-bond donors (Lipinski definition) is 1. The number of Topliss-reactive ketones (excluding diaryl/α,β-unsaturated/α-hetero) is 1. The number of ketones is 1. The lowest BCUT2D eigenvalue weighted by molar-refractivity contribution is -0.274. The van der Waals surface area contributed by atoms with E-state index in [1.54, 1.807) is 6.07 Å². The molecular formula is C20H13F5N2O2. The number of anilines is 1. The molecule has 0 unspecified atom stereocenters. The Labute approximate surface area is 161 Å². The van der Waals surface area contributed by atoms with Crippen LogP contribution < -0.4 is 10.5 Å². The van der Waals surface area contributed by atoms with E-state index in [4.69, 9.17) is 5.73 Å². The Bertz CT molecular complexity index is 1030. The van der Waals surface area contributed by atoms with Gasteiger partial charge in [0, 0.05) is 29.8 Å². The molecule has 29 heavy (non-hydrogen) atoms. The van der Waals surface area contributed by atoms with Crippen LogP contribution in [0.3, 0.4) is 0 Å². The minimum Gasteiger partial charge on any atom is -0.404 e. The highest BCUT2D eigenvalue weighted by Crippen LogP contribution is 2.29. The van der Waals surface area contributed by atoms with Crippen molar-refractivity contribution in [1.82, 2.24) is 4.98 Å². The molecular weight excluding hydrogens is 395 g/mol. The average Bonchev–Trinajstić information content (AvgIpc) is 2.62. The number of nitrogen functional groups attached to an aromatic ring is 1. The van der Waals surface area contributed by atoms with Crippen molar-refractivity contribution in [3.05, 3.63) is 77.5 Å². The number of pyridine rings is 1. The molecule has 0 radical (unpaired) electrons. The van der Waals surface area contributed by atoms with Crippen LogP contribution in [-0.2, 0) is 6.42 Å². The average molecular weight is 408 g/mol. The standard InChI is InChI=1S/C20H13F5N2O2/c21-14-6-13(7-15(22)9-14)17-3-1-11(10-27-17)5-18(28)12-2-4-19(16(26)8-12)29-20(23,24)25/h1-4,6-10H,5,26H2. The molecule has 3 rings (SSSR count). The molecule has 9 heteroatoms. The minimum absolute atomic E-state index is 0.0935. The first-order valence-corrected chi connectivity index (χ1v) is 8.20. The van der Waals surface area contributed by atoms with Gasteiger partial charge in [0.05, 0.1) is 11.4 Å². The maximum atomic E-state index is 13.3. The molecule has 0 saturated carbocycles. The van der Waals surface area contributed by atoms with Crippen molar-refractivity contribution in [2.45, 2.75) is 12.8 Å². The van der Waals surface area contributed by atoms with Gasteiger partial charge >= 0.3 is 6.36 Å². The Morgan fingerprint density at radius 3 is 2.24 bits per heavy atom. The highest BCUT2D eigenvalue weighted by atomic mass is 19.4. The van der Waals surface area contributed by atoms with E-state index in [0.717, 1.165) is 30.3 Å². The van der Waals surface area contributed by atoms with Gasteiger partial charge in [-0.25, -0.2) is 8.78 Å². The summed E-state index contributed by atoms with van der Waals surface area (Å²) in [4.78, 5) is 16.5. The zero-order valence-corrected chi connectivity index (χ0v) is 14.6. The highest BCUT2D eigenvalue weighted by Gasteiger charge is 2.32. The van der Waals surface area contributed by atoms with E-state index < -0.39 is 29.5 Å². The summed E-state index contributed by atoms with van der Waals surface area (Å²) in [6.45, 7) is 0. The molecule has 3 aromatic rings. The fraction of sp³-hybridized carbons (Fsp3) is 0.100. The number of alkyl halides is 3. The van der Waals surface area contributed by atoms with Gasteiger partial charge in [0.1, 0.15) is 11.6 Å². The van der Waals surface area contributed by atoms with E-state index in [1.807, 2.05) is 0 Å². The van der Waals surface area contributed by atoms with Crippen molar-refractivity contribution < 1.29 is 31.5 Å². The van der Waals surface area contributed by atoms with Crippen LogP contribution in [0.25, 0.3) is 11.3 Å². The molecule has 0 aliphatic heterocycles. The molecule has 0 bridgehead atoms. The van der Waals surface area contributed by atoms with Crippen molar-refractivity contribution in [2.75, 3.05) is 5.73 Å². The molecule has 4 nitrogen and oxygen atoms in total. The van der Waals surface area contributed by atoms with Crippen LogP contribution in [0.2, 0.25) is 0 Å². The van der Waals surface area contributed by atoms with Gasteiger partial charge in [-0.15, -0.1) is 13.2 Å². The number of aromatic nitrogens is 1. The van der Waals surface area contributed by atoms with Crippen LogP contribution in [0, 0.1) is 11.6 Å². The molecule has 2 aromatic carbocycles. The van der Waals surface area contributed by atoms with Crippen LogP contribution >= 0.6 is 0 Å². The second kappa shape index (κ2) is 7.86. The normalized spacial score (nSPS) is 11.3. The summed E-state index contributed by atoms with van der Waals surface area (Å²) in [7, 11) is 0. The molecule has 0 amide bonds. The molecule has 2 N–H and O–H groups in total. The van der Waals surface area contributed by atoms with Crippen LogP contribution in [0.5, 0.6) is 5.75 Å².